The molecule has 0 aromatic heterocycles. The van der Waals surface area contributed by atoms with E-state index < -0.39 is 36.6 Å². The van der Waals surface area contributed by atoms with Gasteiger partial charge in [0, 0.05) is 40.9 Å². The molecule has 0 spiro atoms. The number of aryl methyl sites for hydroxylation is 1. The maximum absolute atomic E-state index is 13.4. The van der Waals surface area contributed by atoms with E-state index in [9.17, 15) is 14.2 Å². The third-order valence-corrected chi connectivity index (χ3v) is 13.7. The summed E-state index contributed by atoms with van der Waals surface area (Å²) in [4.78, 5) is 4.56. The molecule has 0 amide bonds. The zero-order valence-electron chi connectivity index (χ0n) is 33.7. The number of allylic oxidation sites excluding steroid dienone is 2. The van der Waals surface area contributed by atoms with Crippen molar-refractivity contribution in [3.8, 4) is 0 Å². The van der Waals surface area contributed by atoms with Gasteiger partial charge in [0.1, 0.15) is 12.0 Å². The molecule has 2 aromatic rings. The van der Waals surface area contributed by atoms with Crippen molar-refractivity contribution < 1.29 is 106 Å². The molecule has 0 bridgehead atoms. The first-order valence-corrected chi connectivity index (χ1v) is 21.9. The average molecular weight is 888 g/mol. The van der Waals surface area contributed by atoms with E-state index in [2.05, 4.69) is 34.9 Å². The summed E-state index contributed by atoms with van der Waals surface area (Å²) in [5.41, 5.74) is 5.38. The maximum Gasteiger partial charge on any atom is 1.00 e. The number of nitrogens with zero attached hydrogens (tertiary/aromatic N) is 2. The quantitative estimate of drug-likeness (QED) is 0.0746. The van der Waals surface area contributed by atoms with Crippen LogP contribution in [0.3, 0.4) is 0 Å². The molecule has 2 N–H and O–H groups in total. The van der Waals surface area contributed by atoms with Crippen LogP contribution in [0.25, 0.3) is 0 Å². The Morgan fingerprint density at radius 2 is 1.30 bits per heavy atom. The summed E-state index contributed by atoms with van der Waals surface area (Å²) in [6.07, 6.45) is 0. The zero-order chi connectivity index (χ0) is 41.5. The number of aliphatic hydroxyl groups excluding tert-OH is 2. The minimum atomic E-state index is -3.48. The van der Waals surface area contributed by atoms with Gasteiger partial charge in [0.2, 0.25) is 5.69 Å². The molecule has 0 saturated carbocycles. The number of fused-ring (bicyclic) bond motifs is 2. The molecule has 18 heteroatoms. The summed E-state index contributed by atoms with van der Waals surface area (Å²) >= 11 is 4.94. The van der Waals surface area contributed by atoms with Crippen LogP contribution < -0.4 is 51.4 Å². The second-order valence-electron chi connectivity index (χ2n) is 12.0. The first kappa shape index (κ1) is 57.1. The van der Waals surface area contributed by atoms with Crippen molar-refractivity contribution in [1.82, 2.24) is 0 Å². The van der Waals surface area contributed by atoms with Gasteiger partial charge >= 0.3 is 77.2 Å². The number of hydrogen-bond donors (Lipinski definition) is 2. The largest absolute Gasteiger partial charge is 1.00 e. The van der Waals surface area contributed by atoms with Gasteiger partial charge < -0.3 is 28.3 Å². The number of hydrogen-bond acceptors (Lipinski definition) is 12. The fourth-order valence-electron chi connectivity index (χ4n) is 6.07. The first-order valence-electron chi connectivity index (χ1n) is 17.3. The van der Waals surface area contributed by atoms with E-state index in [1.807, 2.05) is 65.0 Å². The van der Waals surface area contributed by atoms with Gasteiger partial charge in [-0.3, -0.25) is 14.1 Å². The number of β-amino-alcohol motifs (C(OH)–C–C–N with tert-alkyl or cyclic N) is 1. The van der Waals surface area contributed by atoms with Gasteiger partial charge in [-0.05, 0) is 60.2 Å². The molecule has 2 unspecified atom stereocenters. The predicted molar refractivity (Wildman–Crippen MR) is 221 cm³/mol. The summed E-state index contributed by atoms with van der Waals surface area (Å²) < 4.78 is 75.8. The summed E-state index contributed by atoms with van der Waals surface area (Å²) in [6, 6.07) is 14.8. The van der Waals surface area contributed by atoms with E-state index in [-0.39, 0.29) is 85.2 Å². The van der Waals surface area contributed by atoms with Crippen molar-refractivity contribution in [2.24, 2.45) is 4.99 Å². The second kappa shape index (κ2) is 26.3. The number of halogens is 1. The minimum Gasteiger partial charge on any atom is -0.395 e. The van der Waals surface area contributed by atoms with E-state index in [1.54, 1.807) is 27.7 Å². The molecule has 2 aliphatic rings. The van der Waals surface area contributed by atoms with Gasteiger partial charge in [0.15, 0.2) is 12.3 Å². The molecule has 310 valence electrons. The number of aliphatic imine (C=N–C) groups is 1. The minimum absolute atomic E-state index is 0. The van der Waals surface area contributed by atoms with Gasteiger partial charge in [0.25, 0.3) is 0 Å². The Bertz CT molecular complexity index is 1880. The SMILES string of the molecule is C.C=C(C1(C)C(C)=Nc2cc[c-]cc21)P(=O)(OCC)OCC.C=C(C1(C)C(C)=[N+](CCO)c2ccc(C)cc21)P(=O)(OCC)OCC.O=S(=O)=O.OCCCl.[K+]. The monoisotopic (exact) mass is 887 g/mol. The number of benzene rings is 2. The Balaban J connectivity index is 0. The number of alkyl halides is 1. The van der Waals surface area contributed by atoms with Gasteiger partial charge in [-0.1, -0.05) is 39.1 Å². The molecule has 13 nitrogen and oxygen atoms in total. The Labute approximate surface area is 383 Å². The van der Waals surface area contributed by atoms with Crippen LogP contribution in [0.2, 0.25) is 0 Å². The first-order chi connectivity index (χ1) is 25.3. The summed E-state index contributed by atoms with van der Waals surface area (Å²) in [5, 5.41) is 18.1. The van der Waals surface area contributed by atoms with Crippen molar-refractivity contribution in [3.63, 3.8) is 0 Å². The molecular formula is C38H59ClKN2O11P2S+. The van der Waals surface area contributed by atoms with Gasteiger partial charge in [-0.15, -0.1) is 35.9 Å². The Morgan fingerprint density at radius 3 is 1.71 bits per heavy atom. The standard InChI is InChI=1S/C19H29NO4P.C16H21NO3P.C2H5ClO.CH4.K.O3S/c1-7-23-25(22,24-8-2)16(5)19(6)15(4)20(11-12-21)18-10-9-14(3)13-17(18)19;1-6-19-21(18,20-7-2)13(4)16(5)12(3)17-15-11-9-8-10-14(15)16;3-1-2-4;;;1-4(2)3/h9-10,13,21H,5,7-8,11-12H2,1-4,6H3;9-11H,4,6-7H2,1-3,5H3;4H,1-2H2;1H4;;/q+1;-1;;;+1;. The molecule has 4 rings (SSSR count). The van der Waals surface area contributed by atoms with Gasteiger partial charge in [-0.2, -0.15) is 22.8 Å². The van der Waals surface area contributed by atoms with Crippen molar-refractivity contribution in [2.75, 3.05) is 52.1 Å². The van der Waals surface area contributed by atoms with E-state index in [0.717, 1.165) is 39.5 Å². The Hall–Kier alpha value is -0.974. The third-order valence-electron chi connectivity index (χ3n) is 8.92. The van der Waals surface area contributed by atoms with E-state index in [4.69, 9.17) is 47.4 Å². The molecule has 0 radical (unpaired) electrons. The summed E-state index contributed by atoms with van der Waals surface area (Å²) in [7, 11) is -10.0. The molecule has 2 atom stereocenters. The Morgan fingerprint density at radius 1 is 0.857 bits per heavy atom. The molecular weight excluding hydrogens is 829 g/mol. The molecule has 0 aliphatic carbocycles. The normalized spacial score (nSPS) is 17.8. The second-order valence-corrected chi connectivity index (χ2v) is 16.9. The number of aliphatic hydroxyl groups is 2. The van der Waals surface area contributed by atoms with Crippen LogP contribution in [-0.2, 0) is 48.7 Å². The van der Waals surface area contributed by atoms with Gasteiger partial charge in [-0.25, -0.2) is 0 Å². The fourth-order valence-corrected chi connectivity index (χ4v) is 9.86. The van der Waals surface area contributed by atoms with Crippen molar-refractivity contribution in [1.29, 1.82) is 0 Å². The third kappa shape index (κ3) is 13.5. The van der Waals surface area contributed by atoms with Crippen LogP contribution in [0.4, 0.5) is 11.4 Å². The number of rotatable bonds is 15. The molecule has 0 fully saturated rings. The van der Waals surface area contributed by atoms with Crippen molar-refractivity contribution in [2.45, 2.75) is 80.6 Å². The Kier molecular flexibility index (Phi) is 26.8. The van der Waals surface area contributed by atoms with Crippen LogP contribution >= 0.6 is 26.8 Å². The fraction of sp³-hybridized carbons (Fsp3) is 0.526. The van der Waals surface area contributed by atoms with E-state index in [0.29, 0.717) is 36.3 Å². The maximum atomic E-state index is 13.4. The van der Waals surface area contributed by atoms with Crippen molar-refractivity contribution >= 4 is 60.2 Å². The zero-order valence-corrected chi connectivity index (χ0v) is 40.2. The molecule has 2 aliphatic heterocycles. The molecule has 0 saturated heterocycles. The molecule has 2 aromatic carbocycles. The van der Waals surface area contributed by atoms with E-state index >= 15 is 0 Å². The average Bonchev–Trinajstić information content (AvgIpc) is 3.50. The predicted octanol–water partition coefficient (Wildman–Crippen LogP) is 5.63. The van der Waals surface area contributed by atoms with Crippen LogP contribution in [-0.4, -0.2) is 90.9 Å². The molecule has 56 heavy (non-hydrogen) atoms. The van der Waals surface area contributed by atoms with Crippen LogP contribution in [0.15, 0.2) is 65.2 Å². The van der Waals surface area contributed by atoms with Crippen LogP contribution in [0, 0.1) is 13.0 Å². The van der Waals surface area contributed by atoms with Crippen LogP contribution in [0.1, 0.15) is 79.5 Å². The summed E-state index contributed by atoms with van der Waals surface area (Å²) in [5.74, 6) is 0.347. The summed E-state index contributed by atoms with van der Waals surface area (Å²) in [6.45, 7) is 27.0. The molecule has 2 heterocycles. The van der Waals surface area contributed by atoms with E-state index in [1.165, 1.54) is 0 Å². The van der Waals surface area contributed by atoms with Crippen molar-refractivity contribution in [3.05, 3.63) is 82.9 Å². The smallest absolute Gasteiger partial charge is 0.395 e. The topological polar surface area (TPSA) is 178 Å². The van der Waals surface area contributed by atoms with Crippen LogP contribution in [0.5, 0.6) is 0 Å². The van der Waals surface area contributed by atoms with Gasteiger partial charge in [0.05, 0.1) is 38.3 Å².